The van der Waals surface area contributed by atoms with E-state index in [4.69, 9.17) is 11.5 Å². The van der Waals surface area contributed by atoms with Crippen LogP contribution in [0.1, 0.15) is 27.8 Å². The number of halogens is 15. The Bertz CT molecular complexity index is 1380. The van der Waals surface area contributed by atoms with Crippen LogP contribution in [0.25, 0.3) is 0 Å². The van der Waals surface area contributed by atoms with Gasteiger partial charge in [-0.3, -0.25) is 0 Å². The quantitative estimate of drug-likeness (QED) is 0.222. The average molecular weight is 632 g/mol. The van der Waals surface area contributed by atoms with Gasteiger partial charge in [0, 0.05) is 29.6 Å². The third kappa shape index (κ3) is 7.17. The van der Waals surface area contributed by atoms with E-state index < -0.39 is 93.1 Å². The summed E-state index contributed by atoms with van der Waals surface area (Å²) in [5.74, 6) is -6.28. The number of rotatable bonds is 4. The van der Waals surface area contributed by atoms with E-state index in [0.29, 0.717) is 0 Å². The summed E-state index contributed by atoms with van der Waals surface area (Å²) in [6.45, 7) is 0. The molecule has 0 heterocycles. The van der Waals surface area contributed by atoms with Gasteiger partial charge in [-0.1, -0.05) is 0 Å². The van der Waals surface area contributed by atoms with Crippen LogP contribution in [0, 0.1) is 0 Å². The van der Waals surface area contributed by atoms with Crippen molar-refractivity contribution in [3.05, 3.63) is 70.3 Å². The minimum absolute atomic E-state index is 0.0609. The van der Waals surface area contributed by atoms with Crippen LogP contribution >= 0.6 is 0 Å². The molecule has 0 bridgehead atoms. The zero-order valence-electron chi connectivity index (χ0n) is 19.7. The number of nitrogens with two attached hydrogens (primary N) is 2. The molecule has 0 saturated carbocycles. The third-order valence-electron chi connectivity index (χ3n) is 5.09. The third-order valence-corrected chi connectivity index (χ3v) is 5.09. The molecule has 4 N–H and O–H groups in total. The molecule has 0 fully saturated rings. The minimum atomic E-state index is -5.83. The summed E-state index contributed by atoms with van der Waals surface area (Å²) in [6, 6.07) is 0.147. The molecule has 0 aliphatic rings. The molecule has 0 atom stereocenters. The lowest BCUT2D eigenvalue weighted by molar-refractivity contribution is -0.162. The zero-order chi connectivity index (χ0) is 32.2. The van der Waals surface area contributed by atoms with Crippen molar-refractivity contribution < 1.29 is 75.3 Å². The van der Waals surface area contributed by atoms with Crippen molar-refractivity contribution in [3.8, 4) is 23.0 Å². The molecule has 3 aromatic rings. The summed E-state index contributed by atoms with van der Waals surface area (Å²) in [4.78, 5) is 0. The van der Waals surface area contributed by atoms with E-state index in [1.54, 1.807) is 0 Å². The molecule has 0 aromatic heterocycles. The fourth-order valence-electron chi connectivity index (χ4n) is 3.57. The van der Waals surface area contributed by atoms with Crippen molar-refractivity contribution in [1.29, 1.82) is 0 Å². The summed E-state index contributed by atoms with van der Waals surface area (Å²) in [6.07, 6.45) is -28.5. The van der Waals surface area contributed by atoms with E-state index in [1.165, 1.54) is 0 Å². The standard InChI is InChI=1S/C23H11F15N2O2/c24-19(25,26)8-1-11(41-15-5-9(39)3-13(20(27,28)29)17(15)22(33,34)35)7-12(2-8)42-16-6-10(40)4-14(21(30,31)32)18(16)23(36,37)38/h1-7H,39-40H2. The smallest absolute Gasteiger partial charge is 0.420 e. The van der Waals surface area contributed by atoms with Crippen LogP contribution < -0.4 is 20.9 Å². The molecule has 19 heteroatoms. The largest absolute Gasteiger partial charge is 0.456 e. The van der Waals surface area contributed by atoms with Crippen molar-refractivity contribution in [3.63, 3.8) is 0 Å². The van der Waals surface area contributed by atoms with Gasteiger partial charge in [0.25, 0.3) is 0 Å². The van der Waals surface area contributed by atoms with Crippen molar-refractivity contribution in [2.45, 2.75) is 30.9 Å². The molecule has 0 aliphatic heterocycles. The van der Waals surface area contributed by atoms with Gasteiger partial charge in [0.1, 0.15) is 34.1 Å². The molecule has 0 amide bonds. The number of alkyl halides is 15. The lowest BCUT2D eigenvalue weighted by Crippen LogP contribution is -2.18. The first kappa shape index (κ1) is 32.3. The Morgan fingerprint density at radius 1 is 0.405 bits per heavy atom. The van der Waals surface area contributed by atoms with Gasteiger partial charge in [-0.15, -0.1) is 0 Å². The Hall–Kier alpha value is -4.19. The normalized spacial score (nSPS) is 13.3. The number of hydrogen-bond acceptors (Lipinski definition) is 4. The Kier molecular flexibility index (Phi) is 7.90. The lowest BCUT2D eigenvalue weighted by atomic mass is 10.0. The van der Waals surface area contributed by atoms with E-state index in [1.807, 2.05) is 0 Å². The topological polar surface area (TPSA) is 70.5 Å². The average Bonchev–Trinajstić information content (AvgIpc) is 2.74. The molecule has 0 radical (unpaired) electrons. The Morgan fingerprint density at radius 3 is 1.00 bits per heavy atom. The van der Waals surface area contributed by atoms with Gasteiger partial charge >= 0.3 is 30.9 Å². The molecule has 0 unspecified atom stereocenters. The highest BCUT2D eigenvalue weighted by Crippen LogP contribution is 2.50. The van der Waals surface area contributed by atoms with Crippen molar-refractivity contribution in [2.24, 2.45) is 0 Å². The van der Waals surface area contributed by atoms with E-state index in [2.05, 4.69) is 9.47 Å². The van der Waals surface area contributed by atoms with Crippen LogP contribution in [0.15, 0.2) is 42.5 Å². The van der Waals surface area contributed by atoms with Crippen molar-refractivity contribution in [1.82, 2.24) is 0 Å². The molecule has 230 valence electrons. The van der Waals surface area contributed by atoms with Crippen molar-refractivity contribution >= 4 is 11.4 Å². The summed E-state index contributed by atoms with van der Waals surface area (Å²) >= 11 is 0. The molecular weight excluding hydrogens is 621 g/mol. The van der Waals surface area contributed by atoms with Crippen LogP contribution in [0.4, 0.5) is 77.2 Å². The van der Waals surface area contributed by atoms with E-state index in [-0.39, 0.29) is 42.5 Å². The monoisotopic (exact) mass is 632 g/mol. The number of anilines is 2. The van der Waals surface area contributed by atoms with Crippen molar-refractivity contribution in [2.75, 3.05) is 11.5 Å². The van der Waals surface area contributed by atoms with Gasteiger partial charge < -0.3 is 20.9 Å². The molecule has 42 heavy (non-hydrogen) atoms. The summed E-state index contributed by atoms with van der Waals surface area (Å²) in [7, 11) is 0. The molecule has 0 saturated heterocycles. The zero-order valence-corrected chi connectivity index (χ0v) is 19.7. The summed E-state index contributed by atoms with van der Waals surface area (Å²) < 4.78 is 211. The number of ether oxygens (including phenoxy) is 2. The first-order valence-corrected chi connectivity index (χ1v) is 10.5. The van der Waals surface area contributed by atoms with Crippen LogP contribution in [-0.4, -0.2) is 0 Å². The predicted molar refractivity (Wildman–Crippen MR) is 113 cm³/mol. The first-order valence-electron chi connectivity index (χ1n) is 10.5. The number of benzene rings is 3. The van der Waals surface area contributed by atoms with E-state index in [0.717, 1.165) is 0 Å². The first-order chi connectivity index (χ1) is 18.8. The highest BCUT2D eigenvalue weighted by molar-refractivity contribution is 5.58. The molecule has 0 spiro atoms. The Morgan fingerprint density at radius 2 is 0.738 bits per heavy atom. The molecule has 0 aliphatic carbocycles. The van der Waals surface area contributed by atoms with Gasteiger partial charge in [0.2, 0.25) is 0 Å². The van der Waals surface area contributed by atoms with Crippen LogP contribution in [0.2, 0.25) is 0 Å². The molecule has 3 rings (SSSR count). The fraction of sp³-hybridized carbons (Fsp3) is 0.217. The van der Waals surface area contributed by atoms with Gasteiger partial charge in [-0.05, 0) is 24.3 Å². The van der Waals surface area contributed by atoms with Crippen LogP contribution in [0.5, 0.6) is 23.0 Å². The van der Waals surface area contributed by atoms with Gasteiger partial charge in [-0.25, -0.2) is 0 Å². The van der Waals surface area contributed by atoms with Gasteiger partial charge in [0.15, 0.2) is 0 Å². The molecular formula is C23H11F15N2O2. The van der Waals surface area contributed by atoms with Crippen LogP contribution in [0.3, 0.4) is 0 Å². The summed E-state index contributed by atoms with van der Waals surface area (Å²) in [5.41, 5.74) is -3.25. The second-order valence-electron chi connectivity index (χ2n) is 8.27. The summed E-state index contributed by atoms with van der Waals surface area (Å²) in [5, 5.41) is 0. The van der Waals surface area contributed by atoms with Crippen LogP contribution in [-0.2, 0) is 30.9 Å². The van der Waals surface area contributed by atoms with E-state index >= 15 is 0 Å². The molecule has 4 nitrogen and oxygen atoms in total. The Labute approximate surface area is 223 Å². The maximum Gasteiger partial charge on any atom is 0.420 e. The molecule has 3 aromatic carbocycles. The second kappa shape index (κ2) is 10.3. The van der Waals surface area contributed by atoms with Gasteiger partial charge in [-0.2, -0.15) is 65.9 Å². The highest BCUT2D eigenvalue weighted by atomic mass is 19.4. The maximum atomic E-state index is 13.6. The Balaban J connectivity index is 2.27. The lowest BCUT2D eigenvalue weighted by Gasteiger charge is -2.22. The fourth-order valence-corrected chi connectivity index (χ4v) is 3.57. The highest BCUT2D eigenvalue weighted by Gasteiger charge is 2.47. The van der Waals surface area contributed by atoms with Gasteiger partial charge in [0.05, 0.1) is 16.7 Å². The second-order valence-corrected chi connectivity index (χ2v) is 8.27. The number of hydrogen-bond donors (Lipinski definition) is 2. The van der Waals surface area contributed by atoms with E-state index in [9.17, 15) is 65.9 Å². The minimum Gasteiger partial charge on any atom is -0.456 e. The SMILES string of the molecule is Nc1cc(Oc2cc(Oc3cc(N)cc(C(F)(F)F)c3C(F)(F)F)cc(C(F)(F)F)c2)c(C(F)(F)F)c(C(F)(F)F)c1. The number of nitrogen functional groups attached to an aromatic ring is 2. The predicted octanol–water partition coefficient (Wildman–Crippen LogP) is 9.53. The maximum absolute atomic E-state index is 13.6.